The van der Waals surface area contributed by atoms with E-state index in [1.54, 1.807) is 17.7 Å². The molecule has 1 unspecified atom stereocenters. The molecule has 0 spiro atoms. The summed E-state index contributed by atoms with van der Waals surface area (Å²) in [5.74, 6) is 1.91. The van der Waals surface area contributed by atoms with Crippen molar-refractivity contribution in [2.45, 2.75) is 52.2 Å². The first-order valence-electron chi connectivity index (χ1n) is 8.13. The van der Waals surface area contributed by atoms with Gasteiger partial charge in [0.15, 0.2) is 5.96 Å². The fourth-order valence-corrected chi connectivity index (χ4v) is 3.35. The van der Waals surface area contributed by atoms with Gasteiger partial charge in [-0.05, 0) is 19.8 Å². The van der Waals surface area contributed by atoms with Crippen LogP contribution >= 0.6 is 11.3 Å². The predicted octanol–water partition coefficient (Wildman–Crippen LogP) is 1.37. The van der Waals surface area contributed by atoms with E-state index in [1.807, 2.05) is 4.68 Å². The summed E-state index contributed by atoms with van der Waals surface area (Å²) < 4.78 is 1.97. The Morgan fingerprint density at radius 1 is 1.48 bits per heavy atom. The van der Waals surface area contributed by atoms with Gasteiger partial charge in [0.2, 0.25) is 0 Å². The summed E-state index contributed by atoms with van der Waals surface area (Å²) >= 11 is 1.70. The minimum Gasteiger partial charge on any atom is -0.357 e. The lowest BCUT2D eigenvalue weighted by Gasteiger charge is -2.25. The molecule has 0 fully saturated rings. The third-order valence-corrected chi connectivity index (χ3v) is 4.83. The molecule has 2 N–H and O–H groups in total. The molecule has 2 aromatic heterocycles. The van der Waals surface area contributed by atoms with E-state index in [1.165, 1.54) is 5.01 Å². The molecule has 2 aromatic rings. The van der Waals surface area contributed by atoms with E-state index in [0.717, 1.165) is 49.8 Å². The van der Waals surface area contributed by atoms with Crippen LogP contribution in [0.4, 0.5) is 0 Å². The molecule has 1 aliphatic rings. The zero-order chi connectivity index (χ0) is 16.1. The van der Waals surface area contributed by atoms with Crippen molar-refractivity contribution < 1.29 is 0 Å². The van der Waals surface area contributed by atoms with Crippen molar-refractivity contribution in [2.75, 3.05) is 6.54 Å². The molecule has 1 aliphatic heterocycles. The van der Waals surface area contributed by atoms with Gasteiger partial charge in [0.25, 0.3) is 0 Å². The van der Waals surface area contributed by atoms with Gasteiger partial charge in [-0.25, -0.2) is 19.6 Å². The standard InChI is InChI=1S/C15H23N7S/c1-3-14-20-12(9-23-14)7-17-15(16-4-2)21-11-5-6-13-18-10-19-22(13)8-11/h9-11H,3-8H2,1-2H3,(H2,16,17,21). The lowest BCUT2D eigenvalue weighted by molar-refractivity contribution is 0.392. The van der Waals surface area contributed by atoms with Crippen molar-refractivity contribution in [1.82, 2.24) is 30.4 Å². The van der Waals surface area contributed by atoms with Gasteiger partial charge in [-0.3, -0.25) is 0 Å². The number of rotatable bonds is 5. The molecule has 0 radical (unpaired) electrons. The summed E-state index contributed by atoms with van der Waals surface area (Å²) in [7, 11) is 0. The molecule has 0 aliphatic carbocycles. The SMILES string of the molecule is CCNC(=NCc1csc(CC)n1)NC1CCc2ncnn2C1. The first-order chi connectivity index (χ1) is 11.3. The van der Waals surface area contributed by atoms with Gasteiger partial charge in [0, 0.05) is 24.4 Å². The van der Waals surface area contributed by atoms with E-state index in [-0.39, 0.29) is 0 Å². The van der Waals surface area contributed by atoms with Crippen LogP contribution in [0.25, 0.3) is 0 Å². The Hall–Kier alpha value is -1.96. The number of hydrogen-bond acceptors (Lipinski definition) is 5. The predicted molar refractivity (Wildman–Crippen MR) is 91.6 cm³/mol. The van der Waals surface area contributed by atoms with Crippen molar-refractivity contribution in [3.8, 4) is 0 Å². The van der Waals surface area contributed by atoms with Gasteiger partial charge in [0.05, 0.1) is 23.8 Å². The highest BCUT2D eigenvalue weighted by atomic mass is 32.1. The van der Waals surface area contributed by atoms with E-state index in [4.69, 9.17) is 0 Å². The third-order valence-electron chi connectivity index (χ3n) is 3.79. The molecule has 7 nitrogen and oxygen atoms in total. The number of aromatic nitrogens is 4. The van der Waals surface area contributed by atoms with Crippen LogP contribution in [-0.2, 0) is 25.9 Å². The van der Waals surface area contributed by atoms with E-state index in [0.29, 0.717) is 12.6 Å². The second-order valence-electron chi connectivity index (χ2n) is 5.52. The molecule has 0 amide bonds. The van der Waals surface area contributed by atoms with Crippen molar-refractivity contribution in [3.63, 3.8) is 0 Å². The molecule has 1 atom stereocenters. The number of fused-ring (bicyclic) bond motifs is 1. The van der Waals surface area contributed by atoms with Crippen molar-refractivity contribution >= 4 is 17.3 Å². The Balaban J connectivity index is 1.61. The largest absolute Gasteiger partial charge is 0.357 e. The quantitative estimate of drug-likeness (QED) is 0.638. The van der Waals surface area contributed by atoms with E-state index in [9.17, 15) is 0 Å². The molecule has 0 bridgehead atoms. The first kappa shape index (κ1) is 15.9. The van der Waals surface area contributed by atoms with Gasteiger partial charge in [-0.1, -0.05) is 6.92 Å². The molecular weight excluding hydrogens is 310 g/mol. The zero-order valence-electron chi connectivity index (χ0n) is 13.6. The molecule has 23 heavy (non-hydrogen) atoms. The summed E-state index contributed by atoms with van der Waals surface area (Å²) in [6, 6.07) is 0.323. The second kappa shape index (κ2) is 7.54. The Kier molecular flexibility index (Phi) is 5.22. The molecule has 8 heteroatoms. The average molecular weight is 333 g/mol. The molecule has 124 valence electrons. The van der Waals surface area contributed by atoms with Crippen molar-refractivity contribution in [1.29, 1.82) is 0 Å². The van der Waals surface area contributed by atoms with Gasteiger partial charge in [-0.2, -0.15) is 5.10 Å². The second-order valence-corrected chi connectivity index (χ2v) is 6.46. The number of nitrogens with one attached hydrogen (secondary N) is 2. The molecule has 0 aromatic carbocycles. The number of thiazole rings is 1. The van der Waals surface area contributed by atoms with Crippen LogP contribution in [0.5, 0.6) is 0 Å². The third kappa shape index (κ3) is 4.07. The Morgan fingerprint density at radius 2 is 2.39 bits per heavy atom. The highest BCUT2D eigenvalue weighted by Gasteiger charge is 2.20. The summed E-state index contributed by atoms with van der Waals surface area (Å²) in [6.45, 7) is 6.47. The summed E-state index contributed by atoms with van der Waals surface area (Å²) in [4.78, 5) is 13.5. The number of hydrogen-bond donors (Lipinski definition) is 2. The fraction of sp³-hybridized carbons (Fsp3) is 0.600. The Bertz CT molecular complexity index is 660. The first-order valence-corrected chi connectivity index (χ1v) is 9.01. The van der Waals surface area contributed by atoms with Gasteiger partial charge >= 0.3 is 0 Å². The number of nitrogens with zero attached hydrogens (tertiary/aromatic N) is 5. The Morgan fingerprint density at radius 3 is 3.17 bits per heavy atom. The minimum absolute atomic E-state index is 0.323. The van der Waals surface area contributed by atoms with Crippen LogP contribution in [0.15, 0.2) is 16.7 Å². The van der Waals surface area contributed by atoms with Gasteiger partial charge in [0.1, 0.15) is 12.2 Å². The summed E-state index contributed by atoms with van der Waals surface area (Å²) in [5, 5.41) is 14.3. The molecule has 0 saturated heterocycles. The van der Waals surface area contributed by atoms with Crippen LogP contribution < -0.4 is 10.6 Å². The lowest BCUT2D eigenvalue weighted by atomic mass is 10.1. The van der Waals surface area contributed by atoms with E-state index in [2.05, 4.69) is 49.9 Å². The van der Waals surface area contributed by atoms with Crippen LogP contribution in [0, 0.1) is 0 Å². The van der Waals surface area contributed by atoms with Crippen LogP contribution in [0.3, 0.4) is 0 Å². The summed E-state index contributed by atoms with van der Waals surface area (Å²) in [6.07, 6.45) is 4.60. The van der Waals surface area contributed by atoms with Gasteiger partial charge < -0.3 is 10.6 Å². The number of aryl methyl sites for hydroxylation is 2. The molecule has 0 saturated carbocycles. The molecular formula is C15H23N7S. The van der Waals surface area contributed by atoms with Crippen LogP contribution in [0.2, 0.25) is 0 Å². The van der Waals surface area contributed by atoms with Crippen molar-refractivity contribution in [3.05, 3.63) is 28.2 Å². The lowest BCUT2D eigenvalue weighted by Crippen LogP contribution is -2.47. The maximum atomic E-state index is 4.66. The Labute approximate surface area is 140 Å². The highest BCUT2D eigenvalue weighted by molar-refractivity contribution is 7.09. The van der Waals surface area contributed by atoms with E-state index < -0.39 is 0 Å². The normalized spacial score (nSPS) is 17.8. The van der Waals surface area contributed by atoms with Crippen molar-refractivity contribution in [2.24, 2.45) is 4.99 Å². The topological polar surface area (TPSA) is 80.0 Å². The highest BCUT2D eigenvalue weighted by Crippen LogP contribution is 2.12. The minimum atomic E-state index is 0.323. The molecule has 3 heterocycles. The maximum Gasteiger partial charge on any atom is 0.191 e. The van der Waals surface area contributed by atoms with Crippen LogP contribution in [-0.4, -0.2) is 38.3 Å². The van der Waals surface area contributed by atoms with Gasteiger partial charge in [-0.15, -0.1) is 11.3 Å². The smallest absolute Gasteiger partial charge is 0.191 e. The number of guanidine groups is 1. The zero-order valence-corrected chi connectivity index (χ0v) is 14.4. The van der Waals surface area contributed by atoms with E-state index >= 15 is 0 Å². The monoisotopic (exact) mass is 333 g/mol. The fourth-order valence-electron chi connectivity index (χ4n) is 2.61. The van der Waals surface area contributed by atoms with Crippen LogP contribution in [0.1, 0.15) is 36.8 Å². The number of aliphatic imine (C=N–C) groups is 1. The molecule has 3 rings (SSSR count). The summed E-state index contributed by atoms with van der Waals surface area (Å²) in [5.41, 5.74) is 1.03. The maximum absolute atomic E-state index is 4.66. The average Bonchev–Trinajstić information content (AvgIpc) is 3.21.